The Bertz CT molecular complexity index is 549. The van der Waals surface area contributed by atoms with E-state index in [1.807, 2.05) is 26.1 Å². The molecule has 0 aliphatic heterocycles. The van der Waals surface area contributed by atoms with Gasteiger partial charge in [-0.3, -0.25) is 0 Å². The van der Waals surface area contributed by atoms with Crippen molar-refractivity contribution < 1.29 is 0 Å². The van der Waals surface area contributed by atoms with E-state index in [1.54, 1.807) is 17.5 Å². The summed E-state index contributed by atoms with van der Waals surface area (Å²) in [5, 5.41) is 2.07. The summed E-state index contributed by atoms with van der Waals surface area (Å²) in [6.07, 6.45) is 1.79. The molecule has 94 valence electrons. The molecule has 5 heteroatoms. The topological polar surface area (TPSA) is 42.2 Å². The third kappa shape index (κ3) is 2.68. The fourth-order valence-corrected chi connectivity index (χ4v) is 2.86. The number of hydrogen-bond donors (Lipinski definition) is 1. The zero-order valence-electron chi connectivity index (χ0n) is 10.4. The molecule has 0 bridgehead atoms. The number of nitrogens with two attached hydrogens (primary N) is 1. The minimum atomic E-state index is 0.397. The zero-order valence-corrected chi connectivity index (χ0v) is 12.0. The van der Waals surface area contributed by atoms with Gasteiger partial charge in [0.1, 0.15) is 10.8 Å². The lowest BCUT2D eigenvalue weighted by Crippen LogP contribution is -2.23. The van der Waals surface area contributed by atoms with Gasteiger partial charge < -0.3 is 10.6 Å². The second-order valence-corrected chi connectivity index (χ2v) is 5.60. The van der Waals surface area contributed by atoms with Crippen LogP contribution in [0.5, 0.6) is 0 Å². The molecule has 0 aliphatic carbocycles. The van der Waals surface area contributed by atoms with Crippen LogP contribution in [0.15, 0.2) is 29.8 Å². The number of hydrogen-bond acceptors (Lipinski definition) is 4. The highest BCUT2D eigenvalue weighted by Crippen LogP contribution is 2.22. The van der Waals surface area contributed by atoms with Gasteiger partial charge in [0.25, 0.3) is 0 Å². The van der Waals surface area contributed by atoms with Gasteiger partial charge in [0.05, 0.1) is 12.1 Å². The van der Waals surface area contributed by atoms with Crippen LogP contribution in [0.2, 0.25) is 0 Å². The van der Waals surface area contributed by atoms with Gasteiger partial charge in [-0.2, -0.15) is 0 Å². The largest absolute Gasteiger partial charge is 0.389 e. The van der Waals surface area contributed by atoms with E-state index in [9.17, 15) is 0 Å². The van der Waals surface area contributed by atoms with Gasteiger partial charge in [-0.05, 0) is 30.0 Å². The quantitative estimate of drug-likeness (QED) is 0.873. The van der Waals surface area contributed by atoms with Crippen LogP contribution in [0.25, 0.3) is 0 Å². The molecule has 0 saturated carbocycles. The lowest BCUT2D eigenvalue weighted by Gasteiger charge is -2.21. The lowest BCUT2D eigenvalue weighted by atomic mass is 10.1. The van der Waals surface area contributed by atoms with Crippen molar-refractivity contribution in [1.82, 2.24) is 4.98 Å². The van der Waals surface area contributed by atoms with Crippen molar-refractivity contribution in [2.24, 2.45) is 5.73 Å². The van der Waals surface area contributed by atoms with E-state index in [-0.39, 0.29) is 0 Å². The molecule has 0 atom stereocenters. The van der Waals surface area contributed by atoms with Gasteiger partial charge in [0.2, 0.25) is 0 Å². The molecular formula is C13H15N3S2. The number of rotatable bonds is 4. The smallest absolute Gasteiger partial charge is 0.139 e. The van der Waals surface area contributed by atoms with E-state index in [0.717, 1.165) is 23.5 Å². The van der Waals surface area contributed by atoms with E-state index in [0.29, 0.717) is 4.99 Å². The Morgan fingerprint density at radius 3 is 2.89 bits per heavy atom. The summed E-state index contributed by atoms with van der Waals surface area (Å²) in [6.45, 7) is 2.81. The molecule has 0 fully saturated rings. The van der Waals surface area contributed by atoms with Crippen molar-refractivity contribution in [1.29, 1.82) is 0 Å². The van der Waals surface area contributed by atoms with Gasteiger partial charge >= 0.3 is 0 Å². The minimum absolute atomic E-state index is 0.397. The molecule has 0 saturated heterocycles. The van der Waals surface area contributed by atoms with Crippen LogP contribution in [-0.2, 0) is 6.54 Å². The summed E-state index contributed by atoms with van der Waals surface area (Å²) < 4.78 is 0. The van der Waals surface area contributed by atoms with Crippen LogP contribution in [0, 0.1) is 6.92 Å². The van der Waals surface area contributed by atoms with E-state index in [1.165, 1.54) is 4.88 Å². The standard InChI is InChI=1S/C13H15N3S2/c1-9-5-6-15-13(11(9)12(14)17)16(2)8-10-4-3-7-18-10/h3-7H,8H2,1-2H3,(H2,14,17). The summed E-state index contributed by atoms with van der Waals surface area (Å²) in [5.74, 6) is 0.843. The van der Waals surface area contributed by atoms with Crippen molar-refractivity contribution in [3.8, 4) is 0 Å². The Kier molecular flexibility index (Phi) is 3.93. The molecule has 2 N–H and O–H groups in total. The Balaban J connectivity index is 2.32. The minimum Gasteiger partial charge on any atom is -0.389 e. The molecule has 0 radical (unpaired) electrons. The highest BCUT2D eigenvalue weighted by atomic mass is 32.1. The van der Waals surface area contributed by atoms with Gasteiger partial charge in [0, 0.05) is 18.1 Å². The number of anilines is 1. The first kappa shape index (κ1) is 13.0. The van der Waals surface area contributed by atoms with E-state index in [2.05, 4.69) is 21.3 Å². The van der Waals surface area contributed by atoms with Crippen molar-refractivity contribution in [3.05, 3.63) is 45.8 Å². The van der Waals surface area contributed by atoms with Gasteiger partial charge in [-0.25, -0.2) is 4.98 Å². The Morgan fingerprint density at radius 1 is 1.50 bits per heavy atom. The summed E-state index contributed by atoms with van der Waals surface area (Å²) in [6, 6.07) is 6.08. The first-order valence-corrected chi connectivity index (χ1v) is 6.87. The second-order valence-electron chi connectivity index (χ2n) is 4.13. The molecule has 0 unspecified atom stereocenters. The summed E-state index contributed by atoms with van der Waals surface area (Å²) >= 11 is 6.85. The van der Waals surface area contributed by atoms with Crippen molar-refractivity contribution in [3.63, 3.8) is 0 Å². The third-order valence-electron chi connectivity index (χ3n) is 2.72. The van der Waals surface area contributed by atoms with Crippen molar-refractivity contribution in [2.75, 3.05) is 11.9 Å². The molecule has 3 nitrogen and oxygen atoms in total. The summed E-state index contributed by atoms with van der Waals surface area (Å²) in [4.78, 5) is 8.16. The maximum Gasteiger partial charge on any atom is 0.139 e. The van der Waals surface area contributed by atoms with E-state index >= 15 is 0 Å². The van der Waals surface area contributed by atoms with Crippen LogP contribution >= 0.6 is 23.6 Å². The van der Waals surface area contributed by atoms with Crippen LogP contribution in [0.3, 0.4) is 0 Å². The monoisotopic (exact) mass is 277 g/mol. The molecule has 2 aromatic rings. The number of nitrogens with zero attached hydrogens (tertiary/aromatic N) is 2. The number of aryl methyl sites for hydroxylation is 1. The molecule has 0 aromatic carbocycles. The first-order chi connectivity index (χ1) is 8.59. The maximum absolute atomic E-state index is 5.79. The molecule has 0 amide bonds. The molecule has 0 spiro atoms. The molecule has 2 aromatic heterocycles. The van der Waals surface area contributed by atoms with Crippen molar-refractivity contribution in [2.45, 2.75) is 13.5 Å². The maximum atomic E-state index is 5.79. The highest BCUT2D eigenvalue weighted by molar-refractivity contribution is 7.80. The van der Waals surface area contributed by atoms with Gasteiger partial charge in [0.15, 0.2) is 0 Å². The fraction of sp³-hybridized carbons (Fsp3) is 0.231. The lowest BCUT2D eigenvalue weighted by molar-refractivity contribution is 0.908. The fourth-order valence-electron chi connectivity index (χ4n) is 1.85. The number of pyridine rings is 1. The predicted molar refractivity (Wildman–Crippen MR) is 81.3 cm³/mol. The molecule has 2 rings (SSSR count). The Hall–Kier alpha value is -1.46. The summed E-state index contributed by atoms with van der Waals surface area (Å²) in [5.41, 5.74) is 7.72. The van der Waals surface area contributed by atoms with E-state index in [4.69, 9.17) is 18.0 Å². The Labute approximate surface area is 116 Å². The second kappa shape index (κ2) is 5.46. The van der Waals surface area contributed by atoms with Crippen LogP contribution in [0.4, 0.5) is 5.82 Å². The molecule has 0 aliphatic rings. The first-order valence-electron chi connectivity index (χ1n) is 5.58. The molecular weight excluding hydrogens is 262 g/mol. The van der Waals surface area contributed by atoms with Crippen LogP contribution < -0.4 is 10.6 Å². The van der Waals surface area contributed by atoms with Crippen LogP contribution in [-0.4, -0.2) is 17.0 Å². The molecule has 2 heterocycles. The van der Waals surface area contributed by atoms with Gasteiger partial charge in [-0.15, -0.1) is 11.3 Å². The predicted octanol–water partition coefficient (Wildman–Crippen LogP) is 2.72. The van der Waals surface area contributed by atoms with Gasteiger partial charge in [-0.1, -0.05) is 18.3 Å². The average molecular weight is 277 g/mol. The van der Waals surface area contributed by atoms with Crippen molar-refractivity contribution >= 4 is 34.4 Å². The van der Waals surface area contributed by atoms with Crippen LogP contribution in [0.1, 0.15) is 16.0 Å². The van der Waals surface area contributed by atoms with E-state index < -0.39 is 0 Å². The average Bonchev–Trinajstić information content (AvgIpc) is 2.80. The normalized spacial score (nSPS) is 10.3. The number of aromatic nitrogens is 1. The third-order valence-corrected chi connectivity index (χ3v) is 3.79. The Morgan fingerprint density at radius 2 is 2.28 bits per heavy atom. The number of thiophene rings is 1. The molecule has 18 heavy (non-hydrogen) atoms. The summed E-state index contributed by atoms with van der Waals surface area (Å²) in [7, 11) is 2.00. The highest BCUT2D eigenvalue weighted by Gasteiger charge is 2.14. The SMILES string of the molecule is Cc1ccnc(N(C)Cc2cccs2)c1C(N)=S. The zero-order chi connectivity index (χ0) is 13.1. The number of thiocarbonyl (C=S) groups is 1.